The molecule has 0 amide bonds. The van der Waals surface area contributed by atoms with E-state index in [1.807, 2.05) is 0 Å². The second kappa shape index (κ2) is 3.16. The Bertz CT molecular complexity index is 453. The number of aliphatic imine (C=N–C) groups is 2. The zero-order chi connectivity index (χ0) is 10.5. The average Bonchev–Trinajstić information content (AvgIpc) is 2.57. The fraction of sp³-hybridized carbons (Fsp3) is 0.571. The lowest BCUT2D eigenvalue weighted by molar-refractivity contribution is 0.562. The lowest BCUT2D eigenvalue weighted by atomic mass is 9.78. The van der Waals surface area contributed by atoms with Crippen LogP contribution in [0, 0.1) is 11.8 Å². The average molecular weight is 212 g/mol. The third kappa shape index (κ3) is 1.13. The van der Waals surface area contributed by atoms with Crippen molar-refractivity contribution in [2.24, 2.45) is 21.8 Å². The molecule has 0 aromatic heterocycles. The molecule has 0 fully saturated rings. The van der Waals surface area contributed by atoms with E-state index in [2.05, 4.69) is 23.4 Å². The molecule has 82 valence electrons. The summed E-state index contributed by atoms with van der Waals surface area (Å²) in [4.78, 5) is 9.41. The molecule has 4 rings (SSSR count). The Morgan fingerprint density at radius 2 is 2.19 bits per heavy atom. The van der Waals surface area contributed by atoms with Crippen molar-refractivity contribution in [1.82, 2.24) is 0 Å². The van der Waals surface area contributed by atoms with Crippen molar-refractivity contribution in [3.63, 3.8) is 0 Å². The molecule has 0 aromatic rings. The topological polar surface area (TPSA) is 24.7 Å². The number of allylic oxidation sites excluding steroid dienone is 3. The van der Waals surface area contributed by atoms with Gasteiger partial charge < -0.3 is 0 Å². The van der Waals surface area contributed by atoms with Crippen molar-refractivity contribution in [3.8, 4) is 0 Å². The van der Waals surface area contributed by atoms with Gasteiger partial charge >= 0.3 is 0 Å². The first-order chi connectivity index (χ1) is 7.92. The monoisotopic (exact) mass is 212 g/mol. The Hall–Kier alpha value is -1.18. The van der Waals surface area contributed by atoms with Crippen LogP contribution in [0.1, 0.15) is 25.7 Å². The molecule has 0 N–H and O–H groups in total. The fourth-order valence-corrected chi connectivity index (χ4v) is 3.75. The minimum Gasteiger partial charge on any atom is -0.293 e. The second-order valence-electron chi connectivity index (χ2n) is 5.30. The first kappa shape index (κ1) is 8.91. The summed E-state index contributed by atoms with van der Waals surface area (Å²) in [5.74, 6) is 1.25. The van der Waals surface area contributed by atoms with E-state index in [0.29, 0.717) is 17.9 Å². The van der Waals surface area contributed by atoms with Crippen LogP contribution in [0.2, 0.25) is 0 Å². The first-order valence-electron chi connectivity index (χ1n) is 6.38. The van der Waals surface area contributed by atoms with Crippen LogP contribution >= 0.6 is 0 Å². The summed E-state index contributed by atoms with van der Waals surface area (Å²) in [6.07, 6.45) is 11.6. The van der Waals surface area contributed by atoms with Gasteiger partial charge in [-0.1, -0.05) is 17.7 Å². The van der Waals surface area contributed by atoms with Gasteiger partial charge in [-0.25, -0.2) is 0 Å². The van der Waals surface area contributed by atoms with Crippen molar-refractivity contribution < 1.29 is 0 Å². The minimum atomic E-state index is 0.579. The van der Waals surface area contributed by atoms with Gasteiger partial charge in [0.25, 0.3) is 0 Å². The predicted octanol–water partition coefficient (Wildman–Crippen LogP) is 2.57. The highest BCUT2D eigenvalue weighted by Crippen LogP contribution is 2.45. The maximum absolute atomic E-state index is 4.91. The Morgan fingerprint density at radius 1 is 1.19 bits per heavy atom. The fourth-order valence-electron chi connectivity index (χ4n) is 3.75. The van der Waals surface area contributed by atoms with Gasteiger partial charge in [0.2, 0.25) is 0 Å². The lowest BCUT2D eigenvalue weighted by Crippen LogP contribution is -2.23. The van der Waals surface area contributed by atoms with Gasteiger partial charge in [0.15, 0.2) is 0 Å². The molecule has 16 heavy (non-hydrogen) atoms. The van der Waals surface area contributed by atoms with Crippen molar-refractivity contribution >= 4 is 11.9 Å². The summed E-state index contributed by atoms with van der Waals surface area (Å²) >= 11 is 0. The highest BCUT2D eigenvalue weighted by Gasteiger charge is 2.40. The largest absolute Gasteiger partial charge is 0.293 e. The molecular weight excluding hydrogens is 196 g/mol. The molecule has 2 nitrogen and oxygen atoms in total. The van der Waals surface area contributed by atoms with Crippen molar-refractivity contribution in [3.05, 3.63) is 23.3 Å². The first-order valence-corrected chi connectivity index (χ1v) is 6.38. The maximum Gasteiger partial charge on any atom is 0.0569 e. The van der Waals surface area contributed by atoms with Gasteiger partial charge in [0.1, 0.15) is 0 Å². The Labute approximate surface area is 95.9 Å². The molecule has 0 saturated carbocycles. The van der Waals surface area contributed by atoms with Crippen LogP contribution in [-0.4, -0.2) is 24.5 Å². The summed E-state index contributed by atoms with van der Waals surface area (Å²) in [6, 6.07) is 0.579. The Balaban J connectivity index is 1.93. The Kier molecular flexibility index (Phi) is 1.76. The third-order valence-corrected chi connectivity index (χ3v) is 4.42. The highest BCUT2D eigenvalue weighted by molar-refractivity contribution is 5.94. The molecular formula is C14H16N2. The molecule has 0 saturated heterocycles. The molecule has 2 heterocycles. The normalized spacial score (nSPS) is 39.5. The summed E-state index contributed by atoms with van der Waals surface area (Å²) in [5, 5.41) is 0. The van der Waals surface area contributed by atoms with Crippen LogP contribution in [0.15, 0.2) is 33.3 Å². The molecule has 0 radical (unpaired) electrons. The van der Waals surface area contributed by atoms with E-state index in [0.717, 1.165) is 6.54 Å². The highest BCUT2D eigenvalue weighted by atomic mass is 14.9. The van der Waals surface area contributed by atoms with Crippen molar-refractivity contribution in [1.29, 1.82) is 0 Å². The van der Waals surface area contributed by atoms with Gasteiger partial charge in [0, 0.05) is 23.8 Å². The number of fused-ring (bicyclic) bond motifs is 1. The van der Waals surface area contributed by atoms with E-state index in [4.69, 9.17) is 4.99 Å². The number of rotatable bonds is 0. The van der Waals surface area contributed by atoms with Crippen LogP contribution in [0.25, 0.3) is 0 Å². The van der Waals surface area contributed by atoms with E-state index in [-0.39, 0.29) is 0 Å². The van der Waals surface area contributed by atoms with Crippen LogP contribution in [-0.2, 0) is 0 Å². The van der Waals surface area contributed by atoms with Gasteiger partial charge in [0.05, 0.1) is 12.6 Å². The molecule has 0 aromatic carbocycles. The number of hydrogen-bond acceptors (Lipinski definition) is 2. The van der Waals surface area contributed by atoms with Gasteiger partial charge in [-0.05, 0) is 31.3 Å². The molecule has 3 unspecified atom stereocenters. The molecule has 4 aliphatic rings. The van der Waals surface area contributed by atoms with Crippen LogP contribution in [0.5, 0.6) is 0 Å². The van der Waals surface area contributed by atoms with Crippen LogP contribution in [0.3, 0.4) is 0 Å². The summed E-state index contributed by atoms with van der Waals surface area (Å²) in [5.41, 5.74) is 4.76. The smallest absolute Gasteiger partial charge is 0.0569 e. The molecule has 2 heteroatoms. The third-order valence-electron chi connectivity index (χ3n) is 4.42. The quantitative estimate of drug-likeness (QED) is 0.589. The van der Waals surface area contributed by atoms with Gasteiger partial charge in [-0.15, -0.1) is 0 Å². The molecule has 3 atom stereocenters. The molecule has 5 bridgehead atoms. The summed E-state index contributed by atoms with van der Waals surface area (Å²) < 4.78 is 0. The summed E-state index contributed by atoms with van der Waals surface area (Å²) in [6.45, 7) is 0.858. The minimum absolute atomic E-state index is 0.579. The maximum atomic E-state index is 4.91. The standard InChI is InChI=1S/C14H16N2/c1-2-12-11-3-4-14-13(12)7-10(16-14)6-9(11)8-15-5-1/h1-2,8-10,13H,3-7H2. The van der Waals surface area contributed by atoms with E-state index < -0.39 is 0 Å². The molecule has 2 aliphatic heterocycles. The van der Waals surface area contributed by atoms with E-state index in [9.17, 15) is 0 Å². The second-order valence-corrected chi connectivity index (χ2v) is 5.30. The predicted molar refractivity (Wildman–Crippen MR) is 66.2 cm³/mol. The SMILES string of the molecule is C1=CC2=C3CCC4=NC(CC3C=NC1)CC42. The van der Waals surface area contributed by atoms with Crippen molar-refractivity contribution in [2.75, 3.05) is 6.54 Å². The Morgan fingerprint density at radius 3 is 3.19 bits per heavy atom. The van der Waals surface area contributed by atoms with E-state index in [1.165, 1.54) is 31.4 Å². The molecule has 2 aliphatic carbocycles. The van der Waals surface area contributed by atoms with E-state index >= 15 is 0 Å². The van der Waals surface area contributed by atoms with Crippen molar-refractivity contribution in [2.45, 2.75) is 31.7 Å². The lowest BCUT2D eigenvalue weighted by Gasteiger charge is -2.28. The van der Waals surface area contributed by atoms with E-state index in [1.54, 1.807) is 11.1 Å². The number of nitrogens with zero attached hydrogens (tertiary/aromatic N) is 2. The van der Waals surface area contributed by atoms with Gasteiger partial charge in [-0.2, -0.15) is 0 Å². The van der Waals surface area contributed by atoms with Gasteiger partial charge in [-0.3, -0.25) is 9.98 Å². The van der Waals surface area contributed by atoms with Crippen LogP contribution < -0.4 is 0 Å². The summed E-state index contributed by atoms with van der Waals surface area (Å²) in [7, 11) is 0. The zero-order valence-electron chi connectivity index (χ0n) is 9.39. The zero-order valence-corrected chi connectivity index (χ0v) is 9.39. The van der Waals surface area contributed by atoms with Crippen LogP contribution in [0.4, 0.5) is 0 Å². The number of hydrogen-bond donors (Lipinski definition) is 0. The molecule has 0 spiro atoms.